The van der Waals surface area contributed by atoms with Gasteiger partial charge in [-0.25, -0.2) is 0 Å². The van der Waals surface area contributed by atoms with Crippen molar-refractivity contribution >= 4 is 5.97 Å². The van der Waals surface area contributed by atoms with E-state index in [1.807, 2.05) is 0 Å². The molecule has 0 heterocycles. The molecule has 0 radical (unpaired) electrons. The molecule has 1 saturated carbocycles. The van der Waals surface area contributed by atoms with Gasteiger partial charge in [-0.15, -0.1) is 0 Å². The number of allylic oxidation sites excluding steroid dienone is 5. The summed E-state index contributed by atoms with van der Waals surface area (Å²) < 4.78 is 4.75. The maximum Gasteiger partial charge on any atom is 0.306 e. The average Bonchev–Trinajstić information content (AvgIpc) is 2.27. The second-order valence-electron chi connectivity index (χ2n) is 4.84. The molecule has 1 rings (SSSR count). The first-order valence-electron chi connectivity index (χ1n) is 6.14. The third kappa shape index (κ3) is 4.22. The Kier molecular flexibility index (Phi) is 5.20. The number of carbonyl (C=O) groups excluding carboxylic acids is 1. The lowest BCUT2D eigenvalue weighted by atomic mass is 9.79. The van der Waals surface area contributed by atoms with Crippen molar-refractivity contribution in [2.75, 3.05) is 7.11 Å². The molecule has 0 aliphatic heterocycles. The first kappa shape index (κ1) is 13.8. The number of rotatable bonds is 3. The predicted molar refractivity (Wildman–Crippen MR) is 70.6 cm³/mol. The van der Waals surface area contributed by atoms with E-state index in [-0.39, 0.29) is 11.9 Å². The third-order valence-electron chi connectivity index (χ3n) is 3.12. The van der Waals surface area contributed by atoms with Gasteiger partial charge in [0.2, 0.25) is 0 Å². The van der Waals surface area contributed by atoms with E-state index < -0.39 is 0 Å². The first-order valence-corrected chi connectivity index (χ1v) is 6.14. The van der Waals surface area contributed by atoms with Gasteiger partial charge >= 0.3 is 5.97 Å². The van der Waals surface area contributed by atoms with E-state index >= 15 is 0 Å². The van der Waals surface area contributed by atoms with Crippen LogP contribution >= 0.6 is 0 Å². The highest BCUT2D eigenvalue weighted by Gasteiger charge is 2.23. The smallest absolute Gasteiger partial charge is 0.306 e. The molecule has 0 aromatic rings. The second-order valence-corrected chi connectivity index (χ2v) is 4.84. The number of ether oxygens (including phenoxy) is 1. The summed E-state index contributed by atoms with van der Waals surface area (Å²) in [6, 6.07) is 0. The van der Waals surface area contributed by atoms with Crippen LogP contribution in [0, 0.1) is 5.92 Å². The zero-order valence-electron chi connectivity index (χ0n) is 11.1. The van der Waals surface area contributed by atoms with E-state index in [0.29, 0.717) is 6.42 Å². The summed E-state index contributed by atoms with van der Waals surface area (Å²) in [5, 5.41) is 0. The van der Waals surface area contributed by atoms with Crippen LogP contribution in [0.15, 0.2) is 35.5 Å². The van der Waals surface area contributed by atoms with Crippen molar-refractivity contribution in [2.45, 2.75) is 39.5 Å². The highest BCUT2D eigenvalue weighted by molar-refractivity contribution is 5.70. The minimum absolute atomic E-state index is 0.132. The molecule has 1 aliphatic rings. The van der Waals surface area contributed by atoms with Gasteiger partial charge in [0.25, 0.3) is 0 Å². The standard InChI is InChI=1S/C15H22O2/c1-11(2)8-9-14-12(3)6-5-7-13(14)10-15(16)17-4/h8-9,13H,3,5-7,10H2,1-2,4H3. The monoisotopic (exact) mass is 234 g/mol. The van der Waals surface area contributed by atoms with Crippen molar-refractivity contribution in [3.63, 3.8) is 0 Å². The molecule has 0 bridgehead atoms. The molecule has 0 saturated heterocycles. The Morgan fingerprint density at radius 1 is 1.53 bits per heavy atom. The van der Waals surface area contributed by atoms with Crippen LogP contribution in [-0.2, 0) is 9.53 Å². The van der Waals surface area contributed by atoms with E-state index in [1.54, 1.807) is 0 Å². The molecule has 2 nitrogen and oxygen atoms in total. The molecule has 17 heavy (non-hydrogen) atoms. The van der Waals surface area contributed by atoms with E-state index in [1.165, 1.54) is 23.8 Å². The van der Waals surface area contributed by atoms with Gasteiger partial charge in [-0.1, -0.05) is 29.9 Å². The average molecular weight is 234 g/mol. The summed E-state index contributed by atoms with van der Waals surface area (Å²) in [4.78, 5) is 11.4. The molecule has 1 aliphatic carbocycles. The predicted octanol–water partition coefficient (Wildman–Crippen LogP) is 3.80. The van der Waals surface area contributed by atoms with Crippen LogP contribution in [0.25, 0.3) is 0 Å². The van der Waals surface area contributed by atoms with Crippen molar-refractivity contribution in [1.29, 1.82) is 0 Å². The van der Waals surface area contributed by atoms with Crippen LogP contribution in [0.5, 0.6) is 0 Å². The molecule has 0 aromatic carbocycles. The number of carbonyl (C=O) groups is 1. The van der Waals surface area contributed by atoms with Crippen LogP contribution in [0.2, 0.25) is 0 Å². The normalized spacial score (nSPS) is 22.4. The summed E-state index contributed by atoms with van der Waals surface area (Å²) in [6.45, 7) is 8.24. The largest absolute Gasteiger partial charge is 0.469 e. The number of esters is 1. The Morgan fingerprint density at radius 3 is 2.82 bits per heavy atom. The molecule has 0 amide bonds. The molecule has 94 valence electrons. The Hall–Kier alpha value is -1.31. The fourth-order valence-electron chi connectivity index (χ4n) is 2.16. The molecule has 0 aromatic heterocycles. The maximum atomic E-state index is 11.4. The van der Waals surface area contributed by atoms with E-state index in [9.17, 15) is 4.79 Å². The van der Waals surface area contributed by atoms with Crippen LogP contribution in [0.4, 0.5) is 0 Å². The van der Waals surface area contributed by atoms with Gasteiger partial charge in [-0.05, 0) is 44.6 Å². The van der Waals surface area contributed by atoms with Crippen molar-refractivity contribution in [3.8, 4) is 0 Å². The lowest BCUT2D eigenvalue weighted by Crippen LogP contribution is -2.17. The summed E-state index contributed by atoms with van der Waals surface area (Å²) in [7, 11) is 1.44. The quantitative estimate of drug-likeness (QED) is 0.694. The van der Waals surface area contributed by atoms with Crippen LogP contribution in [0.3, 0.4) is 0 Å². The second kappa shape index (κ2) is 6.43. The minimum atomic E-state index is -0.132. The van der Waals surface area contributed by atoms with Crippen molar-refractivity contribution in [1.82, 2.24) is 0 Å². The summed E-state index contributed by atoms with van der Waals surface area (Å²) in [5.41, 5.74) is 3.65. The Balaban J connectivity index is 2.84. The summed E-state index contributed by atoms with van der Waals surface area (Å²) in [5.74, 6) is 0.145. The van der Waals surface area contributed by atoms with Gasteiger partial charge in [0, 0.05) is 0 Å². The van der Waals surface area contributed by atoms with Gasteiger partial charge in [0.05, 0.1) is 13.5 Å². The zero-order valence-corrected chi connectivity index (χ0v) is 11.1. The molecule has 1 unspecified atom stereocenters. The van der Waals surface area contributed by atoms with Crippen LogP contribution in [-0.4, -0.2) is 13.1 Å². The molecular weight excluding hydrogens is 212 g/mol. The summed E-state index contributed by atoms with van der Waals surface area (Å²) in [6.07, 6.45) is 7.89. The molecule has 0 N–H and O–H groups in total. The van der Waals surface area contributed by atoms with Crippen molar-refractivity contribution in [2.24, 2.45) is 5.92 Å². The van der Waals surface area contributed by atoms with Gasteiger partial charge in [0.15, 0.2) is 0 Å². The van der Waals surface area contributed by atoms with E-state index in [2.05, 4.69) is 32.6 Å². The highest BCUT2D eigenvalue weighted by Crippen LogP contribution is 2.35. The lowest BCUT2D eigenvalue weighted by molar-refractivity contribution is -0.141. The van der Waals surface area contributed by atoms with Crippen LogP contribution in [0.1, 0.15) is 39.5 Å². The fourth-order valence-corrected chi connectivity index (χ4v) is 2.16. The van der Waals surface area contributed by atoms with Gasteiger partial charge in [-0.3, -0.25) is 4.79 Å². The van der Waals surface area contributed by atoms with Crippen molar-refractivity contribution < 1.29 is 9.53 Å². The Bertz CT molecular complexity index is 357. The number of hydrogen-bond acceptors (Lipinski definition) is 2. The number of methoxy groups -OCH3 is 1. The Labute approximate surface area is 104 Å². The fraction of sp³-hybridized carbons (Fsp3) is 0.533. The van der Waals surface area contributed by atoms with Gasteiger partial charge in [0.1, 0.15) is 0 Å². The zero-order chi connectivity index (χ0) is 12.8. The van der Waals surface area contributed by atoms with Crippen molar-refractivity contribution in [3.05, 3.63) is 35.5 Å². The lowest BCUT2D eigenvalue weighted by Gasteiger charge is -2.26. The summed E-state index contributed by atoms with van der Waals surface area (Å²) >= 11 is 0. The molecule has 2 heteroatoms. The Morgan fingerprint density at radius 2 is 2.24 bits per heavy atom. The van der Waals surface area contributed by atoms with E-state index in [0.717, 1.165) is 19.3 Å². The molecule has 1 atom stereocenters. The molecule has 0 spiro atoms. The SMILES string of the molecule is C=C1CCCC(CC(=O)OC)C1=CC=C(C)C. The van der Waals surface area contributed by atoms with Gasteiger partial charge < -0.3 is 4.74 Å². The topological polar surface area (TPSA) is 26.3 Å². The number of hydrogen-bond donors (Lipinski definition) is 0. The highest BCUT2D eigenvalue weighted by atomic mass is 16.5. The van der Waals surface area contributed by atoms with E-state index in [4.69, 9.17) is 4.74 Å². The molecule has 1 fully saturated rings. The maximum absolute atomic E-state index is 11.4. The molecular formula is C15H22O2. The van der Waals surface area contributed by atoms with Gasteiger partial charge in [-0.2, -0.15) is 0 Å². The third-order valence-corrected chi connectivity index (χ3v) is 3.12. The first-order chi connectivity index (χ1) is 8.04. The minimum Gasteiger partial charge on any atom is -0.469 e. The van der Waals surface area contributed by atoms with Crippen LogP contribution < -0.4 is 0 Å².